The molecule has 0 aliphatic heterocycles. The summed E-state index contributed by atoms with van der Waals surface area (Å²) in [7, 11) is -4.25. The van der Waals surface area contributed by atoms with Gasteiger partial charge < -0.3 is 10.2 Å². The molecule has 0 radical (unpaired) electrons. The summed E-state index contributed by atoms with van der Waals surface area (Å²) in [6, 6.07) is 18.2. The van der Waals surface area contributed by atoms with E-state index >= 15 is 0 Å². The van der Waals surface area contributed by atoms with Crippen LogP contribution < -0.4 is 9.62 Å². The topological polar surface area (TPSA) is 130 Å². The molecule has 3 rings (SSSR count). The Morgan fingerprint density at radius 2 is 1.61 bits per heavy atom. The van der Waals surface area contributed by atoms with E-state index in [-0.39, 0.29) is 22.8 Å². The molecular weight excluding hydrogens is 532 g/mol. The Bertz CT molecular complexity index is 1380. The first-order valence-electron chi connectivity index (χ1n) is 11.7. The SMILES string of the molecule is CCNC(=O)[C@H](C)N(Cc1ccc(Cl)cc1)C(=O)CN(c1ccc([N+](=O)[O-])cc1)S(=O)(=O)c1ccccc1. The highest BCUT2D eigenvalue weighted by molar-refractivity contribution is 7.92. The number of hydrogen-bond donors (Lipinski definition) is 1. The van der Waals surface area contributed by atoms with Crippen molar-refractivity contribution >= 4 is 44.8 Å². The maximum atomic E-state index is 13.7. The minimum atomic E-state index is -4.25. The van der Waals surface area contributed by atoms with Crippen molar-refractivity contribution in [3.05, 3.63) is 99.6 Å². The number of hydrogen-bond acceptors (Lipinski definition) is 6. The lowest BCUT2D eigenvalue weighted by atomic mass is 10.1. The van der Waals surface area contributed by atoms with Gasteiger partial charge in [-0.2, -0.15) is 0 Å². The van der Waals surface area contributed by atoms with Crippen LogP contribution in [-0.2, 0) is 26.2 Å². The number of likely N-dealkylation sites (N-methyl/N-ethyl adjacent to an activating group) is 1. The van der Waals surface area contributed by atoms with Crippen molar-refractivity contribution < 1.29 is 22.9 Å². The van der Waals surface area contributed by atoms with E-state index in [1.807, 2.05) is 0 Å². The molecule has 10 nitrogen and oxygen atoms in total. The molecule has 0 fully saturated rings. The van der Waals surface area contributed by atoms with Crippen LogP contribution in [0.2, 0.25) is 5.02 Å². The highest BCUT2D eigenvalue weighted by atomic mass is 35.5. The van der Waals surface area contributed by atoms with E-state index < -0.39 is 39.3 Å². The van der Waals surface area contributed by atoms with E-state index in [9.17, 15) is 28.1 Å². The molecule has 0 bridgehead atoms. The summed E-state index contributed by atoms with van der Waals surface area (Å²) in [5.41, 5.74) is 0.517. The van der Waals surface area contributed by atoms with Crippen molar-refractivity contribution in [3.63, 3.8) is 0 Å². The van der Waals surface area contributed by atoms with Gasteiger partial charge in [-0.3, -0.25) is 24.0 Å². The van der Waals surface area contributed by atoms with Crippen molar-refractivity contribution in [2.75, 3.05) is 17.4 Å². The van der Waals surface area contributed by atoms with Gasteiger partial charge in [-0.15, -0.1) is 0 Å². The zero-order valence-electron chi connectivity index (χ0n) is 20.8. The number of amides is 2. The van der Waals surface area contributed by atoms with Crippen LogP contribution in [0, 0.1) is 10.1 Å². The minimum Gasteiger partial charge on any atom is -0.355 e. The van der Waals surface area contributed by atoms with Gasteiger partial charge in [0.15, 0.2) is 0 Å². The van der Waals surface area contributed by atoms with Crippen LogP contribution in [0.3, 0.4) is 0 Å². The molecule has 0 unspecified atom stereocenters. The Hall–Kier alpha value is -3.96. The second-order valence-electron chi connectivity index (χ2n) is 8.32. The normalized spacial score (nSPS) is 11.9. The van der Waals surface area contributed by atoms with Crippen LogP contribution in [0.5, 0.6) is 0 Å². The largest absolute Gasteiger partial charge is 0.355 e. The monoisotopic (exact) mass is 558 g/mol. The first kappa shape index (κ1) is 28.6. The molecule has 3 aromatic rings. The van der Waals surface area contributed by atoms with Crippen LogP contribution in [0.4, 0.5) is 11.4 Å². The van der Waals surface area contributed by atoms with Crippen molar-refractivity contribution in [1.82, 2.24) is 10.2 Å². The molecule has 0 spiro atoms. The third-order valence-electron chi connectivity index (χ3n) is 5.74. The predicted octanol–water partition coefficient (Wildman–Crippen LogP) is 4.00. The Balaban J connectivity index is 2.03. The number of carbonyl (C=O) groups is 2. The third-order valence-corrected chi connectivity index (χ3v) is 7.78. The molecule has 0 aliphatic carbocycles. The summed E-state index contributed by atoms with van der Waals surface area (Å²) < 4.78 is 28.2. The van der Waals surface area contributed by atoms with Gasteiger partial charge in [-0.1, -0.05) is 41.9 Å². The first-order chi connectivity index (χ1) is 18.0. The van der Waals surface area contributed by atoms with Gasteiger partial charge in [0.05, 0.1) is 15.5 Å². The van der Waals surface area contributed by atoms with Gasteiger partial charge in [-0.05, 0) is 55.8 Å². The minimum absolute atomic E-state index is 0.0216. The van der Waals surface area contributed by atoms with Crippen LogP contribution in [0.1, 0.15) is 19.4 Å². The van der Waals surface area contributed by atoms with Crippen molar-refractivity contribution in [1.29, 1.82) is 0 Å². The van der Waals surface area contributed by atoms with Gasteiger partial charge in [0, 0.05) is 30.2 Å². The van der Waals surface area contributed by atoms with E-state index in [1.165, 1.54) is 29.2 Å². The fraction of sp³-hybridized carbons (Fsp3) is 0.231. The number of nitrogens with zero attached hydrogens (tertiary/aromatic N) is 3. The van der Waals surface area contributed by atoms with Crippen molar-refractivity contribution in [2.45, 2.75) is 31.3 Å². The van der Waals surface area contributed by atoms with E-state index in [0.29, 0.717) is 17.1 Å². The van der Waals surface area contributed by atoms with Crippen LogP contribution in [0.15, 0.2) is 83.8 Å². The fourth-order valence-electron chi connectivity index (χ4n) is 3.68. The Kier molecular flexibility index (Phi) is 9.43. The zero-order valence-corrected chi connectivity index (χ0v) is 22.4. The average molecular weight is 559 g/mol. The number of benzene rings is 3. The molecule has 1 atom stereocenters. The number of anilines is 1. The van der Waals surface area contributed by atoms with Gasteiger partial charge >= 0.3 is 0 Å². The number of rotatable bonds is 11. The summed E-state index contributed by atoms with van der Waals surface area (Å²) in [5.74, 6) is -1.04. The predicted molar refractivity (Wildman–Crippen MR) is 144 cm³/mol. The Morgan fingerprint density at radius 3 is 2.16 bits per heavy atom. The number of halogens is 1. The molecule has 1 N–H and O–H groups in total. The van der Waals surface area contributed by atoms with E-state index in [2.05, 4.69) is 5.32 Å². The Morgan fingerprint density at radius 1 is 1.00 bits per heavy atom. The zero-order chi connectivity index (χ0) is 27.9. The molecule has 0 aliphatic rings. The Labute approximate surface area is 226 Å². The maximum Gasteiger partial charge on any atom is 0.269 e. The van der Waals surface area contributed by atoms with Gasteiger partial charge in [-0.25, -0.2) is 8.42 Å². The molecule has 0 saturated carbocycles. The summed E-state index contributed by atoms with van der Waals surface area (Å²) in [4.78, 5) is 38.1. The molecule has 200 valence electrons. The molecule has 3 aromatic carbocycles. The number of nitro groups is 1. The van der Waals surface area contributed by atoms with Crippen LogP contribution >= 0.6 is 11.6 Å². The molecule has 0 aromatic heterocycles. The number of nitrogens with one attached hydrogen (secondary N) is 1. The summed E-state index contributed by atoms with van der Waals surface area (Å²) >= 11 is 5.98. The van der Waals surface area contributed by atoms with Crippen LogP contribution in [0.25, 0.3) is 0 Å². The smallest absolute Gasteiger partial charge is 0.269 e. The maximum absolute atomic E-state index is 13.7. The number of non-ortho nitro benzene ring substituents is 1. The second-order valence-corrected chi connectivity index (χ2v) is 10.6. The second kappa shape index (κ2) is 12.5. The molecule has 0 heterocycles. The lowest BCUT2D eigenvalue weighted by Crippen LogP contribution is -2.51. The van der Waals surface area contributed by atoms with Crippen molar-refractivity contribution in [3.8, 4) is 0 Å². The van der Waals surface area contributed by atoms with Crippen molar-refractivity contribution in [2.24, 2.45) is 0 Å². The molecule has 0 saturated heterocycles. The number of nitro benzene ring substituents is 1. The average Bonchev–Trinajstić information content (AvgIpc) is 2.91. The van der Waals surface area contributed by atoms with E-state index in [0.717, 1.165) is 16.4 Å². The molecule has 38 heavy (non-hydrogen) atoms. The fourth-order valence-corrected chi connectivity index (χ4v) is 5.24. The van der Waals surface area contributed by atoms with Gasteiger partial charge in [0.2, 0.25) is 11.8 Å². The number of sulfonamides is 1. The van der Waals surface area contributed by atoms with E-state index in [4.69, 9.17) is 11.6 Å². The standard InChI is InChI=1S/C26H27ClN4O6S/c1-3-28-26(33)19(2)29(17-20-9-11-21(27)12-10-20)25(32)18-30(22-13-15-23(16-14-22)31(34)35)38(36,37)24-7-5-4-6-8-24/h4-16,19H,3,17-18H2,1-2H3,(H,28,33)/t19-/m0/s1. The highest BCUT2D eigenvalue weighted by Gasteiger charge is 2.32. The lowest BCUT2D eigenvalue weighted by Gasteiger charge is -2.32. The van der Waals surface area contributed by atoms with E-state index in [1.54, 1.807) is 56.3 Å². The molecule has 2 amide bonds. The van der Waals surface area contributed by atoms with Gasteiger partial charge in [0.1, 0.15) is 12.6 Å². The molecular formula is C26H27ClN4O6S. The van der Waals surface area contributed by atoms with Crippen LogP contribution in [-0.4, -0.2) is 49.2 Å². The lowest BCUT2D eigenvalue weighted by molar-refractivity contribution is -0.384. The summed E-state index contributed by atoms with van der Waals surface area (Å²) in [6.45, 7) is 3.03. The quantitative estimate of drug-likeness (QED) is 0.280. The molecule has 12 heteroatoms. The third kappa shape index (κ3) is 6.87. The number of carbonyl (C=O) groups excluding carboxylic acids is 2. The van der Waals surface area contributed by atoms with Gasteiger partial charge in [0.25, 0.3) is 15.7 Å². The highest BCUT2D eigenvalue weighted by Crippen LogP contribution is 2.26. The summed E-state index contributed by atoms with van der Waals surface area (Å²) in [6.07, 6.45) is 0. The first-order valence-corrected chi connectivity index (χ1v) is 13.5. The summed E-state index contributed by atoms with van der Waals surface area (Å²) in [5, 5.41) is 14.3.